The number of halogens is 1. The molecule has 0 spiro atoms. The number of nitrogens with zero attached hydrogens (tertiary/aromatic N) is 8. The van der Waals surface area contributed by atoms with Gasteiger partial charge in [-0.15, -0.1) is 0 Å². The van der Waals surface area contributed by atoms with Gasteiger partial charge in [-0.1, -0.05) is 56.3 Å². The molecule has 0 radical (unpaired) electrons. The number of hydrogen-bond donors (Lipinski definition) is 2. The van der Waals surface area contributed by atoms with Crippen molar-refractivity contribution in [1.82, 2.24) is 50.2 Å². The summed E-state index contributed by atoms with van der Waals surface area (Å²) < 4.78 is 28.1. The smallest absolute Gasteiger partial charge is 0.292 e. The highest BCUT2D eigenvalue weighted by atomic mass is 19.1. The van der Waals surface area contributed by atoms with Crippen molar-refractivity contribution in [2.24, 2.45) is 0 Å². The predicted molar refractivity (Wildman–Crippen MR) is 210 cm³/mol. The fourth-order valence-electron chi connectivity index (χ4n) is 6.94. The number of pyridine rings is 1. The van der Waals surface area contributed by atoms with Gasteiger partial charge in [0.05, 0.1) is 16.9 Å². The molecule has 2 N–H and O–H groups in total. The van der Waals surface area contributed by atoms with Crippen molar-refractivity contribution in [3.63, 3.8) is 0 Å². The van der Waals surface area contributed by atoms with E-state index in [1.165, 1.54) is 18.0 Å². The Hall–Kier alpha value is -6.39. The summed E-state index contributed by atoms with van der Waals surface area (Å²) in [5, 5.41) is 13.1. The highest BCUT2D eigenvalue weighted by Crippen LogP contribution is 2.29. The average Bonchev–Trinajstić information content (AvgIpc) is 3.89. The van der Waals surface area contributed by atoms with Gasteiger partial charge < -0.3 is 14.6 Å². The summed E-state index contributed by atoms with van der Waals surface area (Å²) in [4.78, 5) is 54.3. The molecule has 6 aromatic rings. The number of rotatable bonds is 11. The van der Waals surface area contributed by atoms with Crippen LogP contribution in [-0.4, -0.2) is 89.5 Å². The molecule has 0 bridgehead atoms. The standard InChI is InChI=1S/C42H43FN10O5/c1-42(2,3)41-49-38(50-58-41)40(56)45-21-29-8-7-28(18-32(29)43)37-34-19-30(24-53(34)47-25-46-37)33-11-6-27(20-44-33)23-52-16-14-51(15-17-52)22-26-4-9-31(10-5-26)57-35-12-13-36(54)48-39(35)55/h4-11,18-20,24-25,35H,12-17,21-23H2,1-3H3,(H,45,56)(H,48,54,55). The van der Waals surface area contributed by atoms with Gasteiger partial charge in [-0.25, -0.2) is 13.9 Å². The number of benzene rings is 2. The third-order valence-corrected chi connectivity index (χ3v) is 10.2. The number of fused-ring (bicyclic) bond motifs is 1. The Balaban J connectivity index is 0.838. The Morgan fingerprint density at radius 2 is 1.69 bits per heavy atom. The summed E-state index contributed by atoms with van der Waals surface area (Å²) in [5.74, 6) is -0.840. The van der Waals surface area contributed by atoms with Gasteiger partial charge in [0.15, 0.2) is 6.10 Å². The van der Waals surface area contributed by atoms with Crippen LogP contribution >= 0.6 is 0 Å². The Labute approximate surface area is 333 Å². The number of nitrogens with one attached hydrogen (secondary N) is 2. The van der Waals surface area contributed by atoms with Gasteiger partial charge in [0, 0.05) is 93.2 Å². The van der Waals surface area contributed by atoms with E-state index in [9.17, 15) is 14.4 Å². The van der Waals surface area contributed by atoms with Crippen molar-refractivity contribution < 1.29 is 28.0 Å². The van der Waals surface area contributed by atoms with Gasteiger partial charge in [-0.2, -0.15) is 10.1 Å². The summed E-state index contributed by atoms with van der Waals surface area (Å²) >= 11 is 0. The number of hydrogen-bond acceptors (Lipinski definition) is 12. The normalized spacial score (nSPS) is 16.7. The Morgan fingerprint density at radius 3 is 2.36 bits per heavy atom. The second-order valence-electron chi connectivity index (χ2n) is 15.6. The molecule has 0 saturated carbocycles. The van der Waals surface area contributed by atoms with Crippen molar-refractivity contribution in [3.05, 3.63) is 114 Å². The molecule has 4 aromatic heterocycles. The molecule has 2 aliphatic heterocycles. The summed E-state index contributed by atoms with van der Waals surface area (Å²) in [6.45, 7) is 11.0. The van der Waals surface area contributed by atoms with E-state index in [0.29, 0.717) is 40.4 Å². The second kappa shape index (κ2) is 16.2. The van der Waals surface area contributed by atoms with Crippen molar-refractivity contribution in [2.45, 2.75) is 64.8 Å². The van der Waals surface area contributed by atoms with E-state index in [4.69, 9.17) is 14.2 Å². The first kappa shape index (κ1) is 38.5. The Bertz CT molecular complexity index is 2450. The summed E-state index contributed by atoms with van der Waals surface area (Å²) in [7, 11) is 0. The van der Waals surface area contributed by atoms with Crippen LogP contribution in [0.15, 0.2) is 83.9 Å². The van der Waals surface area contributed by atoms with Gasteiger partial charge in [0.1, 0.15) is 17.9 Å². The van der Waals surface area contributed by atoms with Crippen LogP contribution in [0.4, 0.5) is 4.39 Å². The van der Waals surface area contributed by atoms with Crippen LogP contribution in [0.2, 0.25) is 0 Å². The number of piperidine rings is 1. The molecule has 15 nitrogen and oxygen atoms in total. The molecule has 1 atom stereocenters. The SMILES string of the molecule is CC(C)(C)c1nc(C(=O)NCc2ccc(-c3ncnn4cc(-c5ccc(CN6CCN(Cc7ccc(OC8CCC(=O)NC8=O)cc7)CC6)cn5)cc34)cc2F)no1. The van der Waals surface area contributed by atoms with E-state index in [2.05, 4.69) is 46.7 Å². The number of amides is 3. The molecule has 2 saturated heterocycles. The molecule has 58 heavy (non-hydrogen) atoms. The van der Waals surface area contributed by atoms with E-state index in [0.717, 1.165) is 56.1 Å². The van der Waals surface area contributed by atoms with Crippen molar-refractivity contribution in [3.8, 4) is 28.3 Å². The Kier molecular flexibility index (Phi) is 10.8. The van der Waals surface area contributed by atoms with E-state index in [-0.39, 0.29) is 30.6 Å². The lowest BCUT2D eigenvalue weighted by molar-refractivity contribution is -0.138. The van der Waals surface area contributed by atoms with Crippen LogP contribution in [0.25, 0.3) is 28.0 Å². The van der Waals surface area contributed by atoms with Crippen LogP contribution in [-0.2, 0) is 34.6 Å². The molecule has 16 heteroatoms. The minimum absolute atomic E-state index is 0.0553. The molecule has 3 amide bonds. The van der Waals surface area contributed by atoms with Crippen molar-refractivity contribution >= 4 is 23.2 Å². The lowest BCUT2D eigenvalue weighted by atomic mass is 9.97. The summed E-state index contributed by atoms with van der Waals surface area (Å²) in [6, 6.07) is 18.6. The molecule has 298 valence electrons. The zero-order chi connectivity index (χ0) is 40.4. The number of carbonyl (C=O) groups excluding carboxylic acids is 3. The molecular formula is C42H43FN10O5. The number of imide groups is 1. The second-order valence-corrected chi connectivity index (χ2v) is 15.6. The molecule has 8 rings (SSSR count). The first-order valence-electron chi connectivity index (χ1n) is 19.2. The minimum atomic E-state index is -0.645. The number of ether oxygens (including phenoxy) is 1. The molecule has 2 fully saturated rings. The zero-order valence-electron chi connectivity index (χ0n) is 32.4. The predicted octanol–water partition coefficient (Wildman–Crippen LogP) is 4.71. The first-order chi connectivity index (χ1) is 27.9. The van der Waals surface area contributed by atoms with Gasteiger partial charge in [0.25, 0.3) is 17.6 Å². The molecule has 1 unspecified atom stereocenters. The van der Waals surface area contributed by atoms with Gasteiger partial charge in [-0.05, 0) is 41.5 Å². The highest BCUT2D eigenvalue weighted by Gasteiger charge is 2.28. The van der Waals surface area contributed by atoms with E-state index < -0.39 is 23.2 Å². The minimum Gasteiger partial charge on any atom is -0.481 e. The van der Waals surface area contributed by atoms with Crippen molar-refractivity contribution in [1.29, 1.82) is 0 Å². The van der Waals surface area contributed by atoms with Gasteiger partial charge in [0.2, 0.25) is 11.8 Å². The van der Waals surface area contributed by atoms with Crippen LogP contribution < -0.4 is 15.4 Å². The lowest BCUT2D eigenvalue weighted by Gasteiger charge is -2.34. The fraction of sp³-hybridized carbons (Fsp3) is 0.333. The third-order valence-electron chi connectivity index (χ3n) is 10.2. The van der Waals surface area contributed by atoms with Crippen LogP contribution in [0.5, 0.6) is 5.75 Å². The molecule has 2 aromatic carbocycles. The number of piperazine rings is 1. The van der Waals surface area contributed by atoms with Gasteiger partial charge in [-0.3, -0.25) is 34.5 Å². The maximum Gasteiger partial charge on any atom is 0.292 e. The maximum atomic E-state index is 15.3. The third kappa shape index (κ3) is 8.77. The van der Waals surface area contributed by atoms with Crippen LogP contribution in [0, 0.1) is 5.82 Å². The van der Waals surface area contributed by atoms with Crippen LogP contribution in [0.1, 0.15) is 66.8 Å². The topological polar surface area (TPSA) is 173 Å². The number of carbonyl (C=O) groups is 3. The molecule has 0 aliphatic carbocycles. The fourth-order valence-corrected chi connectivity index (χ4v) is 6.94. The average molecular weight is 787 g/mol. The maximum absolute atomic E-state index is 15.3. The van der Waals surface area contributed by atoms with Crippen LogP contribution in [0.3, 0.4) is 0 Å². The number of aromatic nitrogens is 6. The molecule has 6 heterocycles. The monoisotopic (exact) mass is 786 g/mol. The zero-order valence-corrected chi connectivity index (χ0v) is 32.4. The lowest BCUT2D eigenvalue weighted by Crippen LogP contribution is -2.46. The van der Waals surface area contributed by atoms with Crippen molar-refractivity contribution in [2.75, 3.05) is 26.2 Å². The summed E-state index contributed by atoms with van der Waals surface area (Å²) in [6.07, 6.45) is 5.24. The highest BCUT2D eigenvalue weighted by molar-refractivity contribution is 6.00. The molecule has 2 aliphatic rings. The Morgan fingerprint density at radius 1 is 0.948 bits per heavy atom. The van der Waals surface area contributed by atoms with E-state index in [1.807, 2.05) is 69.6 Å². The largest absolute Gasteiger partial charge is 0.481 e. The van der Waals surface area contributed by atoms with Gasteiger partial charge >= 0.3 is 0 Å². The van der Waals surface area contributed by atoms with E-state index >= 15 is 4.39 Å². The summed E-state index contributed by atoms with van der Waals surface area (Å²) in [5.41, 5.74) is 5.64. The first-order valence-corrected chi connectivity index (χ1v) is 19.2. The molecular weight excluding hydrogens is 744 g/mol. The van der Waals surface area contributed by atoms with E-state index in [1.54, 1.807) is 16.6 Å². The quantitative estimate of drug-likeness (QED) is 0.174.